The molecule has 0 aliphatic carbocycles. The molecule has 6 nitrogen and oxygen atoms in total. The minimum absolute atomic E-state index is 0. The van der Waals surface area contributed by atoms with E-state index in [4.69, 9.17) is 0 Å². The highest BCUT2D eigenvalue weighted by molar-refractivity contribution is 5.85. The van der Waals surface area contributed by atoms with Gasteiger partial charge in [0, 0.05) is 25.1 Å². The summed E-state index contributed by atoms with van der Waals surface area (Å²) in [5.41, 5.74) is 0.986. The van der Waals surface area contributed by atoms with Crippen molar-refractivity contribution < 1.29 is 4.79 Å². The van der Waals surface area contributed by atoms with Crippen LogP contribution < -0.4 is 10.6 Å². The van der Waals surface area contributed by atoms with Crippen LogP contribution in [0, 0.1) is 0 Å². The maximum absolute atomic E-state index is 11.3. The second kappa shape index (κ2) is 7.50. The Kier molecular flexibility index (Phi) is 5.98. The van der Waals surface area contributed by atoms with E-state index in [-0.39, 0.29) is 18.3 Å². The van der Waals surface area contributed by atoms with Crippen molar-refractivity contribution in [2.75, 3.05) is 13.6 Å². The zero-order chi connectivity index (χ0) is 12.8. The van der Waals surface area contributed by atoms with Gasteiger partial charge in [-0.25, -0.2) is 9.67 Å². The zero-order valence-corrected chi connectivity index (χ0v) is 11.4. The van der Waals surface area contributed by atoms with Crippen molar-refractivity contribution in [3.63, 3.8) is 0 Å². The van der Waals surface area contributed by atoms with E-state index in [1.807, 2.05) is 24.4 Å². The van der Waals surface area contributed by atoms with Crippen LogP contribution in [0.1, 0.15) is 5.56 Å². The van der Waals surface area contributed by atoms with Gasteiger partial charge in [0.25, 0.3) is 0 Å². The largest absolute Gasteiger partial charge is 0.351 e. The lowest BCUT2D eigenvalue weighted by molar-refractivity contribution is -0.120. The molecule has 0 bridgehead atoms. The second-order valence-corrected chi connectivity index (χ2v) is 3.78. The van der Waals surface area contributed by atoms with Crippen LogP contribution in [0.4, 0.5) is 0 Å². The van der Waals surface area contributed by atoms with E-state index in [1.54, 1.807) is 24.1 Å². The highest BCUT2D eigenvalue weighted by Gasteiger charge is 2.02. The number of rotatable bonds is 5. The lowest BCUT2D eigenvalue weighted by Crippen LogP contribution is -2.31. The molecule has 2 aromatic rings. The van der Waals surface area contributed by atoms with Crippen molar-refractivity contribution in [2.24, 2.45) is 0 Å². The number of carbonyl (C=O) groups excluding carboxylic acids is 1. The standard InChI is InChI=1S/C12H15N5O.ClH/c1-13-9-12(18)15-8-10-3-5-14-11(7-10)17-6-2-4-16-17;/h2-7,13H,8-9H2,1H3,(H,15,18);1H. The van der Waals surface area contributed by atoms with Crippen molar-refractivity contribution >= 4 is 18.3 Å². The zero-order valence-electron chi connectivity index (χ0n) is 10.5. The van der Waals surface area contributed by atoms with Gasteiger partial charge in [0.1, 0.15) is 0 Å². The van der Waals surface area contributed by atoms with Gasteiger partial charge in [-0.05, 0) is 30.8 Å². The molecule has 0 saturated carbocycles. The number of hydrogen-bond acceptors (Lipinski definition) is 4. The first-order valence-electron chi connectivity index (χ1n) is 5.66. The van der Waals surface area contributed by atoms with Crippen LogP contribution in [-0.2, 0) is 11.3 Å². The van der Waals surface area contributed by atoms with Crippen LogP contribution in [0.5, 0.6) is 0 Å². The van der Waals surface area contributed by atoms with E-state index in [0.717, 1.165) is 11.4 Å². The van der Waals surface area contributed by atoms with E-state index in [9.17, 15) is 4.79 Å². The molecule has 0 aromatic carbocycles. The highest BCUT2D eigenvalue weighted by atomic mass is 35.5. The van der Waals surface area contributed by atoms with Gasteiger partial charge in [-0.15, -0.1) is 12.4 Å². The summed E-state index contributed by atoms with van der Waals surface area (Å²) in [6.45, 7) is 0.800. The monoisotopic (exact) mass is 281 g/mol. The Labute approximate surface area is 117 Å². The van der Waals surface area contributed by atoms with Crippen molar-refractivity contribution in [1.29, 1.82) is 0 Å². The molecular formula is C12H16ClN5O. The van der Waals surface area contributed by atoms with Gasteiger partial charge >= 0.3 is 0 Å². The first kappa shape index (κ1) is 15.1. The molecule has 2 aromatic heterocycles. The van der Waals surface area contributed by atoms with Crippen LogP contribution in [0.25, 0.3) is 5.82 Å². The molecule has 7 heteroatoms. The number of pyridine rings is 1. The Bertz CT molecular complexity index is 515. The Morgan fingerprint density at radius 2 is 2.26 bits per heavy atom. The van der Waals surface area contributed by atoms with Gasteiger partial charge in [-0.3, -0.25) is 4.79 Å². The topological polar surface area (TPSA) is 71.8 Å². The third kappa shape index (κ3) is 4.35. The van der Waals surface area contributed by atoms with Gasteiger partial charge < -0.3 is 10.6 Å². The van der Waals surface area contributed by atoms with Crippen LogP contribution in [0.15, 0.2) is 36.8 Å². The molecule has 2 N–H and O–H groups in total. The number of carbonyl (C=O) groups is 1. The van der Waals surface area contributed by atoms with Crippen molar-refractivity contribution in [3.8, 4) is 5.82 Å². The summed E-state index contributed by atoms with van der Waals surface area (Å²) in [6.07, 6.45) is 5.23. The fourth-order valence-electron chi connectivity index (χ4n) is 1.52. The van der Waals surface area contributed by atoms with Crippen LogP contribution in [0.3, 0.4) is 0 Å². The molecule has 0 saturated heterocycles. The number of likely N-dealkylation sites (N-methyl/N-ethyl adjacent to an activating group) is 1. The summed E-state index contributed by atoms with van der Waals surface area (Å²) in [6, 6.07) is 5.60. The molecule has 0 fully saturated rings. The molecule has 0 unspecified atom stereocenters. The fourth-order valence-corrected chi connectivity index (χ4v) is 1.52. The van der Waals surface area contributed by atoms with Gasteiger partial charge in [-0.1, -0.05) is 0 Å². The average Bonchev–Trinajstić information content (AvgIpc) is 2.91. The number of halogens is 1. The van der Waals surface area contributed by atoms with E-state index in [0.29, 0.717) is 13.1 Å². The number of amides is 1. The lowest BCUT2D eigenvalue weighted by atomic mass is 10.2. The quantitative estimate of drug-likeness (QED) is 0.838. The molecule has 0 atom stereocenters. The molecule has 2 heterocycles. The molecule has 1 amide bonds. The Morgan fingerprint density at radius 1 is 1.42 bits per heavy atom. The van der Waals surface area contributed by atoms with Crippen LogP contribution >= 0.6 is 12.4 Å². The summed E-state index contributed by atoms with van der Waals surface area (Å²) in [7, 11) is 1.74. The lowest BCUT2D eigenvalue weighted by Gasteiger charge is -2.06. The van der Waals surface area contributed by atoms with Crippen molar-refractivity contribution in [2.45, 2.75) is 6.54 Å². The van der Waals surface area contributed by atoms with Crippen LogP contribution in [0.2, 0.25) is 0 Å². The minimum atomic E-state index is -0.0325. The number of hydrogen-bond donors (Lipinski definition) is 2. The molecule has 102 valence electrons. The van der Waals surface area contributed by atoms with Gasteiger partial charge in [0.05, 0.1) is 6.54 Å². The number of nitrogens with one attached hydrogen (secondary N) is 2. The van der Waals surface area contributed by atoms with E-state index < -0.39 is 0 Å². The Morgan fingerprint density at radius 3 is 2.95 bits per heavy atom. The van der Waals surface area contributed by atoms with E-state index in [1.165, 1.54) is 0 Å². The predicted molar refractivity (Wildman–Crippen MR) is 74.4 cm³/mol. The third-order valence-corrected chi connectivity index (χ3v) is 2.38. The SMILES string of the molecule is CNCC(=O)NCc1ccnc(-n2cccn2)c1.Cl. The van der Waals surface area contributed by atoms with E-state index >= 15 is 0 Å². The normalized spacial score (nSPS) is 9.74. The first-order chi connectivity index (χ1) is 8.79. The smallest absolute Gasteiger partial charge is 0.234 e. The Balaban J connectivity index is 0.00000180. The van der Waals surface area contributed by atoms with Gasteiger partial charge in [-0.2, -0.15) is 5.10 Å². The summed E-state index contributed by atoms with van der Waals surface area (Å²) in [4.78, 5) is 15.5. The maximum atomic E-state index is 11.3. The molecule has 19 heavy (non-hydrogen) atoms. The number of aromatic nitrogens is 3. The second-order valence-electron chi connectivity index (χ2n) is 3.78. The number of nitrogens with zero attached hydrogens (tertiary/aromatic N) is 3. The fraction of sp³-hybridized carbons (Fsp3) is 0.250. The molecule has 0 radical (unpaired) electrons. The van der Waals surface area contributed by atoms with E-state index in [2.05, 4.69) is 20.7 Å². The first-order valence-corrected chi connectivity index (χ1v) is 5.66. The van der Waals surface area contributed by atoms with Crippen molar-refractivity contribution in [3.05, 3.63) is 42.4 Å². The molecule has 2 rings (SSSR count). The summed E-state index contributed by atoms with van der Waals surface area (Å²) < 4.78 is 1.68. The predicted octanol–water partition coefficient (Wildman–Crippen LogP) is 0.525. The summed E-state index contributed by atoms with van der Waals surface area (Å²) >= 11 is 0. The summed E-state index contributed by atoms with van der Waals surface area (Å²) in [5, 5.41) is 9.72. The summed E-state index contributed by atoms with van der Waals surface area (Å²) in [5.74, 6) is 0.704. The molecular weight excluding hydrogens is 266 g/mol. The third-order valence-electron chi connectivity index (χ3n) is 2.38. The highest BCUT2D eigenvalue weighted by Crippen LogP contribution is 2.05. The van der Waals surface area contributed by atoms with Crippen LogP contribution in [-0.4, -0.2) is 34.3 Å². The maximum Gasteiger partial charge on any atom is 0.234 e. The molecule has 0 aliphatic heterocycles. The molecule has 0 spiro atoms. The Hall–Kier alpha value is -1.92. The average molecular weight is 282 g/mol. The van der Waals surface area contributed by atoms with Gasteiger partial charge in [0.15, 0.2) is 5.82 Å². The minimum Gasteiger partial charge on any atom is -0.351 e. The molecule has 0 aliphatic rings. The van der Waals surface area contributed by atoms with Gasteiger partial charge in [0.2, 0.25) is 5.91 Å². The van der Waals surface area contributed by atoms with Crippen molar-refractivity contribution in [1.82, 2.24) is 25.4 Å².